The van der Waals surface area contributed by atoms with Crippen LogP contribution in [-0.4, -0.2) is 50.6 Å². The highest BCUT2D eigenvalue weighted by molar-refractivity contribution is 5.76. The second-order valence-electron chi connectivity index (χ2n) is 6.76. The van der Waals surface area contributed by atoms with Gasteiger partial charge >= 0.3 is 0 Å². The van der Waals surface area contributed by atoms with E-state index < -0.39 is 0 Å². The number of amides is 2. The van der Waals surface area contributed by atoms with E-state index in [0.29, 0.717) is 25.4 Å². The first kappa shape index (κ1) is 19.4. The standard InChI is InChI=1S/C20H30N2O3/c1-21-19(23)8-7-16-3-5-17(6-4-16)15-18-9-12-22(13-10-18)20(24)11-14-25-2/h3-6,18H,7-15H2,1-2H3,(H,21,23). The van der Waals surface area contributed by atoms with Crippen molar-refractivity contribution in [3.8, 4) is 0 Å². The Morgan fingerprint density at radius 1 is 1.12 bits per heavy atom. The van der Waals surface area contributed by atoms with E-state index in [9.17, 15) is 9.59 Å². The van der Waals surface area contributed by atoms with Crippen LogP contribution in [0.4, 0.5) is 0 Å². The summed E-state index contributed by atoms with van der Waals surface area (Å²) in [5.74, 6) is 0.930. The molecule has 0 saturated carbocycles. The van der Waals surface area contributed by atoms with Gasteiger partial charge in [-0.05, 0) is 42.7 Å². The molecule has 0 radical (unpaired) electrons. The predicted octanol–water partition coefficient (Wildman–Crippen LogP) is 2.18. The second kappa shape index (κ2) is 10.2. The van der Waals surface area contributed by atoms with Gasteiger partial charge in [0.05, 0.1) is 13.0 Å². The van der Waals surface area contributed by atoms with Crippen LogP contribution < -0.4 is 5.32 Å². The number of rotatable bonds is 8. The van der Waals surface area contributed by atoms with Crippen LogP contribution in [0.1, 0.15) is 36.8 Å². The van der Waals surface area contributed by atoms with Crippen LogP contribution in [0.3, 0.4) is 0 Å². The van der Waals surface area contributed by atoms with Crippen LogP contribution in [0.15, 0.2) is 24.3 Å². The van der Waals surface area contributed by atoms with Crippen molar-refractivity contribution in [3.05, 3.63) is 35.4 Å². The zero-order valence-electron chi connectivity index (χ0n) is 15.4. The van der Waals surface area contributed by atoms with Gasteiger partial charge in [0.25, 0.3) is 0 Å². The number of carbonyl (C=O) groups excluding carboxylic acids is 2. The maximum atomic E-state index is 12.0. The summed E-state index contributed by atoms with van der Waals surface area (Å²) in [4.78, 5) is 25.3. The molecule has 0 aliphatic carbocycles. The van der Waals surface area contributed by atoms with Crippen LogP contribution in [0.2, 0.25) is 0 Å². The van der Waals surface area contributed by atoms with Crippen LogP contribution in [0.25, 0.3) is 0 Å². The van der Waals surface area contributed by atoms with Gasteiger partial charge in [-0.15, -0.1) is 0 Å². The summed E-state index contributed by atoms with van der Waals surface area (Å²) in [6.07, 6.45) is 5.00. The van der Waals surface area contributed by atoms with Crippen molar-refractivity contribution in [1.82, 2.24) is 10.2 Å². The minimum Gasteiger partial charge on any atom is -0.384 e. The van der Waals surface area contributed by atoms with Gasteiger partial charge in [-0.3, -0.25) is 9.59 Å². The van der Waals surface area contributed by atoms with Crippen molar-refractivity contribution in [1.29, 1.82) is 0 Å². The van der Waals surface area contributed by atoms with E-state index in [-0.39, 0.29) is 11.8 Å². The number of carbonyl (C=O) groups is 2. The number of hydrogen-bond acceptors (Lipinski definition) is 3. The summed E-state index contributed by atoms with van der Waals surface area (Å²) in [7, 11) is 3.30. The van der Waals surface area contributed by atoms with E-state index in [4.69, 9.17) is 4.74 Å². The van der Waals surface area contributed by atoms with Crippen LogP contribution in [-0.2, 0) is 27.2 Å². The highest BCUT2D eigenvalue weighted by Crippen LogP contribution is 2.22. The van der Waals surface area contributed by atoms with E-state index in [2.05, 4.69) is 29.6 Å². The van der Waals surface area contributed by atoms with Gasteiger partial charge in [0.1, 0.15) is 0 Å². The lowest BCUT2D eigenvalue weighted by Gasteiger charge is -2.32. The Morgan fingerprint density at radius 2 is 1.76 bits per heavy atom. The molecule has 1 saturated heterocycles. The molecule has 0 bridgehead atoms. The molecule has 25 heavy (non-hydrogen) atoms. The average molecular weight is 346 g/mol. The molecular weight excluding hydrogens is 316 g/mol. The summed E-state index contributed by atoms with van der Waals surface area (Å²) >= 11 is 0. The lowest BCUT2D eigenvalue weighted by atomic mass is 9.89. The highest BCUT2D eigenvalue weighted by atomic mass is 16.5. The Morgan fingerprint density at radius 3 is 2.36 bits per heavy atom. The number of ether oxygens (including phenoxy) is 1. The SMILES string of the molecule is CNC(=O)CCc1ccc(CC2CCN(C(=O)CCOC)CC2)cc1. The largest absolute Gasteiger partial charge is 0.384 e. The van der Waals surface area contributed by atoms with Crippen molar-refractivity contribution < 1.29 is 14.3 Å². The first-order valence-electron chi connectivity index (χ1n) is 9.17. The molecule has 0 atom stereocenters. The molecule has 5 nitrogen and oxygen atoms in total. The lowest BCUT2D eigenvalue weighted by molar-refractivity contribution is -0.133. The number of aryl methyl sites for hydroxylation is 1. The number of nitrogens with one attached hydrogen (secondary N) is 1. The van der Waals surface area contributed by atoms with Crippen LogP contribution in [0.5, 0.6) is 0 Å². The molecule has 1 heterocycles. The van der Waals surface area contributed by atoms with Crippen molar-refractivity contribution >= 4 is 11.8 Å². The third kappa shape index (κ3) is 6.50. The Hall–Kier alpha value is -1.88. The molecular formula is C20H30N2O3. The molecule has 1 N–H and O–H groups in total. The average Bonchev–Trinajstić information content (AvgIpc) is 2.65. The second-order valence-corrected chi connectivity index (χ2v) is 6.76. The Kier molecular flexibility index (Phi) is 7.92. The van der Waals surface area contributed by atoms with E-state index in [1.165, 1.54) is 11.1 Å². The van der Waals surface area contributed by atoms with Crippen molar-refractivity contribution in [2.45, 2.75) is 38.5 Å². The molecule has 0 unspecified atom stereocenters. The Labute approximate surface area is 150 Å². The van der Waals surface area contributed by atoms with Crippen LogP contribution >= 0.6 is 0 Å². The molecule has 0 spiro atoms. The zero-order valence-corrected chi connectivity index (χ0v) is 15.4. The summed E-state index contributed by atoms with van der Waals surface area (Å²) < 4.78 is 4.98. The number of benzene rings is 1. The quantitative estimate of drug-likeness (QED) is 0.785. The Bertz CT molecular complexity index is 549. The first-order chi connectivity index (χ1) is 12.1. The van der Waals surface area contributed by atoms with Gasteiger partial charge in [0, 0.05) is 33.7 Å². The van der Waals surface area contributed by atoms with E-state index >= 15 is 0 Å². The van der Waals surface area contributed by atoms with E-state index in [1.54, 1.807) is 14.2 Å². The number of likely N-dealkylation sites (tertiary alicyclic amines) is 1. The van der Waals surface area contributed by atoms with Gasteiger partial charge in [0.2, 0.25) is 11.8 Å². The summed E-state index contributed by atoms with van der Waals surface area (Å²) in [6.45, 7) is 2.22. The van der Waals surface area contributed by atoms with Gasteiger partial charge in [0.15, 0.2) is 0 Å². The number of hydrogen-bond donors (Lipinski definition) is 1. The van der Waals surface area contributed by atoms with E-state index in [0.717, 1.165) is 38.8 Å². The lowest BCUT2D eigenvalue weighted by Crippen LogP contribution is -2.39. The molecule has 0 aromatic heterocycles. The molecule has 1 aromatic carbocycles. The third-order valence-electron chi connectivity index (χ3n) is 4.95. The smallest absolute Gasteiger partial charge is 0.224 e. The monoisotopic (exact) mass is 346 g/mol. The third-order valence-corrected chi connectivity index (χ3v) is 4.95. The number of nitrogens with zero attached hydrogens (tertiary/aromatic N) is 1. The maximum Gasteiger partial charge on any atom is 0.224 e. The molecule has 1 aliphatic rings. The van der Waals surface area contributed by atoms with Gasteiger partial charge < -0.3 is 15.0 Å². The van der Waals surface area contributed by atoms with Gasteiger partial charge in [-0.25, -0.2) is 0 Å². The van der Waals surface area contributed by atoms with E-state index in [1.807, 2.05) is 4.90 Å². The normalized spacial score (nSPS) is 15.2. The predicted molar refractivity (Wildman–Crippen MR) is 98.3 cm³/mol. The van der Waals surface area contributed by atoms with Gasteiger partial charge in [-0.2, -0.15) is 0 Å². The molecule has 1 aromatic rings. The highest BCUT2D eigenvalue weighted by Gasteiger charge is 2.22. The zero-order chi connectivity index (χ0) is 18.1. The summed E-state index contributed by atoms with van der Waals surface area (Å²) in [5, 5.41) is 2.65. The number of methoxy groups -OCH3 is 1. The molecule has 5 heteroatoms. The minimum atomic E-state index is 0.0795. The minimum absolute atomic E-state index is 0.0795. The molecule has 1 aliphatic heterocycles. The summed E-state index contributed by atoms with van der Waals surface area (Å²) in [6, 6.07) is 8.61. The molecule has 138 valence electrons. The van der Waals surface area contributed by atoms with Crippen molar-refractivity contribution in [2.75, 3.05) is 33.9 Å². The first-order valence-corrected chi connectivity index (χ1v) is 9.17. The summed E-state index contributed by atoms with van der Waals surface area (Å²) in [5.41, 5.74) is 2.54. The fourth-order valence-electron chi connectivity index (χ4n) is 3.29. The molecule has 2 rings (SSSR count). The maximum absolute atomic E-state index is 12.0. The van der Waals surface area contributed by atoms with Crippen LogP contribution in [0, 0.1) is 5.92 Å². The topological polar surface area (TPSA) is 58.6 Å². The number of piperidine rings is 1. The van der Waals surface area contributed by atoms with Gasteiger partial charge in [-0.1, -0.05) is 24.3 Å². The fourth-order valence-corrected chi connectivity index (χ4v) is 3.29. The fraction of sp³-hybridized carbons (Fsp3) is 0.600. The molecule has 1 fully saturated rings. The Balaban J connectivity index is 1.74. The molecule has 2 amide bonds. The van der Waals surface area contributed by atoms with Crippen molar-refractivity contribution in [3.63, 3.8) is 0 Å². The van der Waals surface area contributed by atoms with Crippen molar-refractivity contribution in [2.24, 2.45) is 5.92 Å².